The number of amides is 2. The summed E-state index contributed by atoms with van der Waals surface area (Å²) >= 11 is 0. The Morgan fingerprint density at radius 1 is 1.12 bits per heavy atom. The fourth-order valence-electron chi connectivity index (χ4n) is 2.14. The minimum absolute atomic E-state index is 0.227. The molecule has 0 aliphatic carbocycles. The van der Waals surface area contributed by atoms with Gasteiger partial charge in [0.2, 0.25) is 0 Å². The number of hydrogen-bond donors (Lipinski definition) is 3. The third-order valence-electron chi connectivity index (χ3n) is 3.28. The van der Waals surface area contributed by atoms with Gasteiger partial charge in [-0.1, -0.05) is 12.1 Å². The summed E-state index contributed by atoms with van der Waals surface area (Å²) in [6, 6.07) is 9.32. The van der Waals surface area contributed by atoms with Crippen LogP contribution in [0.5, 0.6) is 0 Å². The van der Waals surface area contributed by atoms with Crippen molar-refractivity contribution in [3.8, 4) is 0 Å². The van der Waals surface area contributed by atoms with Crippen LogP contribution >= 0.6 is 0 Å². The van der Waals surface area contributed by atoms with Crippen LogP contribution < -0.4 is 20.9 Å². The summed E-state index contributed by atoms with van der Waals surface area (Å²) in [4.78, 5) is 22.4. The number of rotatable bonds is 6. The van der Waals surface area contributed by atoms with Crippen molar-refractivity contribution in [1.82, 2.24) is 15.3 Å². The summed E-state index contributed by atoms with van der Waals surface area (Å²) in [6.07, 6.45) is 0. The number of carbonyl (C=O) groups is 1. The zero-order valence-corrected chi connectivity index (χ0v) is 14.6. The maximum Gasteiger partial charge on any atom is 0.319 e. The molecule has 2 amide bonds. The molecule has 0 bridgehead atoms. The van der Waals surface area contributed by atoms with Gasteiger partial charge in [-0.25, -0.2) is 14.8 Å². The topological polar surface area (TPSA) is 82.2 Å². The molecule has 3 N–H and O–H groups in total. The average Bonchev–Trinajstić information content (AvgIpc) is 2.51. The predicted molar refractivity (Wildman–Crippen MR) is 97.8 cm³/mol. The molecule has 128 valence electrons. The molecule has 2 aromatic rings. The molecule has 2 rings (SSSR count). The lowest BCUT2D eigenvalue weighted by molar-refractivity contribution is 0.252. The molecule has 7 nitrogen and oxygen atoms in total. The first-order valence-electron chi connectivity index (χ1n) is 7.82. The largest absolute Gasteiger partial charge is 0.368 e. The van der Waals surface area contributed by atoms with E-state index < -0.39 is 0 Å². The number of hydrogen-bond acceptors (Lipinski definition) is 5. The van der Waals surface area contributed by atoms with Crippen LogP contribution in [0.3, 0.4) is 0 Å². The lowest BCUT2D eigenvalue weighted by Gasteiger charge is -2.14. The van der Waals surface area contributed by atoms with E-state index in [1.807, 2.05) is 63.2 Å². The summed E-state index contributed by atoms with van der Waals surface area (Å²) in [6.45, 7) is 4.90. The fraction of sp³-hybridized carbons (Fsp3) is 0.353. The number of nitrogens with one attached hydrogen (secondary N) is 3. The third-order valence-corrected chi connectivity index (χ3v) is 3.28. The van der Waals surface area contributed by atoms with E-state index in [0.29, 0.717) is 18.9 Å². The van der Waals surface area contributed by atoms with Gasteiger partial charge in [0.15, 0.2) is 0 Å². The minimum atomic E-state index is -0.227. The van der Waals surface area contributed by atoms with Gasteiger partial charge in [0.05, 0.1) is 0 Å². The van der Waals surface area contributed by atoms with Crippen molar-refractivity contribution in [2.24, 2.45) is 0 Å². The van der Waals surface area contributed by atoms with Crippen molar-refractivity contribution in [3.63, 3.8) is 0 Å². The molecule has 0 spiro atoms. The summed E-state index contributed by atoms with van der Waals surface area (Å²) in [5.74, 6) is 2.29. The van der Waals surface area contributed by atoms with Crippen molar-refractivity contribution in [2.45, 2.75) is 13.8 Å². The van der Waals surface area contributed by atoms with Crippen LogP contribution in [0.15, 0.2) is 30.3 Å². The van der Waals surface area contributed by atoms with Gasteiger partial charge in [-0.05, 0) is 31.5 Å². The van der Waals surface area contributed by atoms with Crippen LogP contribution in [0.25, 0.3) is 0 Å². The summed E-state index contributed by atoms with van der Waals surface area (Å²) in [5.41, 5.74) is 1.88. The van der Waals surface area contributed by atoms with Gasteiger partial charge in [-0.15, -0.1) is 0 Å². The number of aromatic nitrogens is 2. The van der Waals surface area contributed by atoms with Gasteiger partial charge in [0, 0.05) is 38.9 Å². The molecule has 1 aromatic heterocycles. The Bertz CT molecular complexity index is 701. The Morgan fingerprint density at radius 2 is 1.92 bits per heavy atom. The van der Waals surface area contributed by atoms with Crippen LogP contribution in [-0.4, -0.2) is 43.2 Å². The first kappa shape index (κ1) is 17.5. The average molecular weight is 328 g/mol. The van der Waals surface area contributed by atoms with Gasteiger partial charge in [0.25, 0.3) is 0 Å². The second kappa shape index (κ2) is 8.14. The minimum Gasteiger partial charge on any atom is -0.368 e. The highest BCUT2D eigenvalue weighted by Crippen LogP contribution is 2.13. The maximum absolute atomic E-state index is 11.9. The number of aryl methyl sites for hydroxylation is 2. The Labute approximate surface area is 142 Å². The molecule has 0 fully saturated rings. The van der Waals surface area contributed by atoms with Crippen LogP contribution in [0.4, 0.5) is 22.1 Å². The van der Waals surface area contributed by atoms with E-state index >= 15 is 0 Å². The van der Waals surface area contributed by atoms with Gasteiger partial charge < -0.3 is 20.9 Å². The third kappa shape index (κ3) is 5.42. The Hall–Kier alpha value is -2.83. The first-order valence-corrected chi connectivity index (χ1v) is 7.82. The molecule has 1 aromatic carbocycles. The van der Waals surface area contributed by atoms with Crippen LogP contribution in [0.2, 0.25) is 0 Å². The van der Waals surface area contributed by atoms with E-state index in [4.69, 9.17) is 0 Å². The lowest BCUT2D eigenvalue weighted by Crippen LogP contribution is -2.32. The SMILES string of the molecule is Cc1cccc(NC(=O)NCCNc2cc(N(C)C)nc(C)n2)c1. The molecule has 0 aliphatic rings. The highest BCUT2D eigenvalue weighted by molar-refractivity contribution is 5.89. The van der Waals surface area contributed by atoms with Crippen molar-refractivity contribution in [2.75, 3.05) is 42.7 Å². The molecular formula is C17H24N6O. The zero-order chi connectivity index (χ0) is 17.5. The number of urea groups is 1. The molecule has 0 saturated heterocycles. The molecule has 7 heteroatoms. The van der Waals surface area contributed by atoms with Gasteiger partial charge in [-0.3, -0.25) is 0 Å². The molecule has 1 heterocycles. The van der Waals surface area contributed by atoms with E-state index in [9.17, 15) is 4.79 Å². The van der Waals surface area contributed by atoms with E-state index in [-0.39, 0.29) is 6.03 Å². The molecule has 0 unspecified atom stereocenters. The number of anilines is 3. The Balaban J connectivity index is 1.77. The van der Waals surface area contributed by atoms with Crippen molar-refractivity contribution < 1.29 is 4.79 Å². The number of benzene rings is 1. The fourth-order valence-corrected chi connectivity index (χ4v) is 2.14. The molecule has 0 radical (unpaired) electrons. The Kier molecular flexibility index (Phi) is 5.95. The monoisotopic (exact) mass is 328 g/mol. The van der Waals surface area contributed by atoms with E-state index in [1.165, 1.54) is 0 Å². The van der Waals surface area contributed by atoms with Crippen molar-refractivity contribution in [1.29, 1.82) is 0 Å². The molecule has 24 heavy (non-hydrogen) atoms. The van der Waals surface area contributed by atoms with E-state index in [2.05, 4.69) is 25.9 Å². The van der Waals surface area contributed by atoms with Crippen LogP contribution in [0, 0.1) is 13.8 Å². The van der Waals surface area contributed by atoms with Gasteiger partial charge >= 0.3 is 6.03 Å². The smallest absolute Gasteiger partial charge is 0.319 e. The van der Waals surface area contributed by atoms with Crippen molar-refractivity contribution in [3.05, 3.63) is 41.7 Å². The summed E-state index contributed by atoms with van der Waals surface area (Å²) < 4.78 is 0. The van der Waals surface area contributed by atoms with Crippen LogP contribution in [-0.2, 0) is 0 Å². The van der Waals surface area contributed by atoms with E-state index in [0.717, 1.165) is 22.9 Å². The molecule has 0 atom stereocenters. The molecular weight excluding hydrogens is 304 g/mol. The summed E-state index contributed by atoms with van der Waals surface area (Å²) in [5, 5.41) is 8.80. The van der Waals surface area contributed by atoms with E-state index in [1.54, 1.807) is 0 Å². The van der Waals surface area contributed by atoms with Crippen LogP contribution in [0.1, 0.15) is 11.4 Å². The second-order valence-corrected chi connectivity index (χ2v) is 5.73. The first-order chi connectivity index (χ1) is 11.4. The molecule has 0 aliphatic heterocycles. The predicted octanol–water partition coefficient (Wildman–Crippen LogP) is 2.39. The molecule has 0 saturated carbocycles. The maximum atomic E-state index is 11.9. The summed E-state index contributed by atoms with van der Waals surface area (Å²) in [7, 11) is 3.87. The second-order valence-electron chi connectivity index (χ2n) is 5.73. The zero-order valence-electron chi connectivity index (χ0n) is 14.6. The van der Waals surface area contributed by atoms with Gasteiger partial charge in [0.1, 0.15) is 17.5 Å². The van der Waals surface area contributed by atoms with Gasteiger partial charge in [-0.2, -0.15) is 0 Å². The normalized spacial score (nSPS) is 10.2. The lowest BCUT2D eigenvalue weighted by atomic mass is 10.2. The van der Waals surface area contributed by atoms with Crippen molar-refractivity contribution >= 4 is 23.4 Å². The number of carbonyl (C=O) groups excluding carboxylic acids is 1. The Morgan fingerprint density at radius 3 is 2.62 bits per heavy atom. The quantitative estimate of drug-likeness (QED) is 0.709. The number of nitrogens with zero attached hydrogens (tertiary/aromatic N) is 3. The highest BCUT2D eigenvalue weighted by Gasteiger charge is 2.04. The standard InChI is InChI=1S/C17H24N6O/c1-12-6-5-7-14(10-12)22-17(24)19-9-8-18-15-11-16(23(3)4)21-13(2)20-15/h5-7,10-11H,8-9H2,1-4H3,(H,18,20,21)(H2,19,22,24). The highest BCUT2D eigenvalue weighted by atomic mass is 16.2.